The summed E-state index contributed by atoms with van der Waals surface area (Å²) in [5.41, 5.74) is 7.22. The molecule has 0 saturated heterocycles. The molecular weight excluding hydrogens is 285 g/mol. The molecule has 1 aliphatic carbocycles. The smallest absolute Gasteiger partial charge is 0.0410 e. The Morgan fingerprint density at radius 1 is 1.43 bits per heavy atom. The molecule has 4 heteroatoms. The number of rotatable bonds is 2. The second-order valence-electron chi connectivity index (χ2n) is 3.53. The third-order valence-electron chi connectivity index (χ3n) is 2.45. The first-order valence-electron chi connectivity index (χ1n) is 4.39. The second kappa shape index (κ2) is 4.84. The van der Waals surface area contributed by atoms with Crippen LogP contribution in [0, 0.1) is 5.92 Å². The van der Waals surface area contributed by atoms with Gasteiger partial charge in [0.05, 0.1) is 0 Å². The van der Waals surface area contributed by atoms with Crippen molar-refractivity contribution in [3.63, 3.8) is 0 Å². The lowest BCUT2D eigenvalue weighted by Crippen LogP contribution is -2.12. The highest BCUT2D eigenvalue weighted by molar-refractivity contribution is 9.10. The van der Waals surface area contributed by atoms with Crippen molar-refractivity contribution in [2.75, 3.05) is 0 Å². The summed E-state index contributed by atoms with van der Waals surface area (Å²) >= 11 is 9.40. The maximum absolute atomic E-state index is 6.08. The Balaban J connectivity index is 0.000000980. The molecule has 0 unspecified atom stereocenters. The molecule has 78 valence electrons. The first-order chi connectivity index (χ1) is 6.18. The number of benzene rings is 1. The van der Waals surface area contributed by atoms with Gasteiger partial charge in [0.15, 0.2) is 0 Å². The summed E-state index contributed by atoms with van der Waals surface area (Å²) in [4.78, 5) is 0. The van der Waals surface area contributed by atoms with E-state index in [1.54, 1.807) is 0 Å². The number of hydrogen-bond acceptors (Lipinski definition) is 1. The summed E-state index contributed by atoms with van der Waals surface area (Å²) in [5, 5.41) is 0.759. The van der Waals surface area contributed by atoms with Crippen LogP contribution in [0.1, 0.15) is 24.4 Å². The Bertz CT molecular complexity index is 326. The Hall–Kier alpha value is 0.240. The van der Waals surface area contributed by atoms with E-state index in [4.69, 9.17) is 17.3 Å². The molecular formula is C10H12BrCl2N. The average molecular weight is 297 g/mol. The fourth-order valence-corrected chi connectivity index (χ4v) is 2.17. The van der Waals surface area contributed by atoms with E-state index in [0.29, 0.717) is 5.92 Å². The average Bonchev–Trinajstić information content (AvgIpc) is 2.91. The zero-order chi connectivity index (χ0) is 9.42. The quantitative estimate of drug-likeness (QED) is 0.879. The zero-order valence-electron chi connectivity index (χ0n) is 7.54. The van der Waals surface area contributed by atoms with Crippen LogP contribution in [0.5, 0.6) is 0 Å². The lowest BCUT2D eigenvalue weighted by Gasteiger charge is -2.12. The Labute approximate surface area is 104 Å². The zero-order valence-corrected chi connectivity index (χ0v) is 10.7. The molecule has 1 saturated carbocycles. The van der Waals surface area contributed by atoms with Crippen molar-refractivity contribution in [1.82, 2.24) is 0 Å². The molecule has 2 N–H and O–H groups in total. The van der Waals surface area contributed by atoms with Crippen LogP contribution in [0.3, 0.4) is 0 Å². The van der Waals surface area contributed by atoms with Gasteiger partial charge in [-0.3, -0.25) is 0 Å². The maximum Gasteiger partial charge on any atom is 0.0410 e. The normalized spacial score (nSPS) is 17.4. The highest BCUT2D eigenvalue weighted by Crippen LogP contribution is 2.41. The number of hydrogen-bond donors (Lipinski definition) is 1. The summed E-state index contributed by atoms with van der Waals surface area (Å²) in [6.45, 7) is 0. The lowest BCUT2D eigenvalue weighted by atomic mass is 10.0. The fraction of sp³-hybridized carbons (Fsp3) is 0.400. The van der Waals surface area contributed by atoms with E-state index < -0.39 is 0 Å². The van der Waals surface area contributed by atoms with Gasteiger partial charge in [0.2, 0.25) is 0 Å². The second-order valence-corrected chi connectivity index (χ2v) is 4.82. The van der Waals surface area contributed by atoms with Crippen LogP contribution in [-0.4, -0.2) is 0 Å². The van der Waals surface area contributed by atoms with Crippen molar-refractivity contribution in [2.45, 2.75) is 18.9 Å². The van der Waals surface area contributed by atoms with Crippen molar-refractivity contribution in [3.8, 4) is 0 Å². The van der Waals surface area contributed by atoms with E-state index >= 15 is 0 Å². The highest BCUT2D eigenvalue weighted by atomic mass is 79.9. The minimum absolute atomic E-state index is 0. The predicted molar refractivity (Wildman–Crippen MR) is 66.1 cm³/mol. The van der Waals surface area contributed by atoms with Gasteiger partial charge >= 0.3 is 0 Å². The predicted octanol–water partition coefficient (Wildman–Crippen LogP) is 3.93. The molecule has 2 rings (SSSR count). The molecule has 0 heterocycles. The molecule has 0 radical (unpaired) electrons. The van der Waals surface area contributed by atoms with E-state index in [0.717, 1.165) is 15.1 Å². The van der Waals surface area contributed by atoms with Crippen LogP contribution in [0.15, 0.2) is 22.7 Å². The minimum atomic E-state index is 0. The van der Waals surface area contributed by atoms with Crippen LogP contribution in [-0.2, 0) is 0 Å². The van der Waals surface area contributed by atoms with E-state index in [2.05, 4.69) is 15.9 Å². The summed E-state index contributed by atoms with van der Waals surface area (Å²) in [6, 6.07) is 5.93. The summed E-state index contributed by atoms with van der Waals surface area (Å²) in [6.07, 6.45) is 2.50. The van der Waals surface area contributed by atoms with Crippen molar-refractivity contribution in [1.29, 1.82) is 0 Å². The molecule has 0 amide bonds. The van der Waals surface area contributed by atoms with Crippen molar-refractivity contribution in [2.24, 2.45) is 11.7 Å². The summed E-state index contributed by atoms with van der Waals surface area (Å²) < 4.78 is 1.07. The summed E-state index contributed by atoms with van der Waals surface area (Å²) in [7, 11) is 0. The Morgan fingerprint density at radius 2 is 2.07 bits per heavy atom. The number of nitrogens with two attached hydrogens (primary N) is 1. The summed E-state index contributed by atoms with van der Waals surface area (Å²) in [5.74, 6) is 0.662. The van der Waals surface area contributed by atoms with E-state index in [1.807, 2.05) is 18.2 Å². The van der Waals surface area contributed by atoms with E-state index in [1.165, 1.54) is 12.8 Å². The van der Waals surface area contributed by atoms with Gasteiger partial charge in [0.25, 0.3) is 0 Å². The standard InChI is InChI=1S/C10H11BrClN.ClH/c11-9-4-3-7(12)5-8(9)10(13)6-1-2-6;/h3-6,10H,1-2,13H2;1H/t10-;/m0./s1. The van der Waals surface area contributed by atoms with Crippen LogP contribution in [0.2, 0.25) is 5.02 Å². The molecule has 0 aliphatic heterocycles. The number of halogens is 3. The SMILES string of the molecule is Cl.N[C@H](c1cc(Cl)ccc1Br)C1CC1. The molecule has 1 fully saturated rings. The molecule has 1 atom stereocenters. The monoisotopic (exact) mass is 295 g/mol. The Kier molecular flexibility index (Phi) is 4.26. The first kappa shape index (κ1) is 12.3. The van der Waals surface area contributed by atoms with Crippen LogP contribution >= 0.6 is 39.9 Å². The molecule has 0 spiro atoms. The van der Waals surface area contributed by atoms with Gasteiger partial charge < -0.3 is 5.73 Å². The maximum atomic E-state index is 6.08. The third kappa shape index (κ3) is 2.63. The van der Waals surface area contributed by atoms with E-state index in [-0.39, 0.29) is 18.4 Å². The van der Waals surface area contributed by atoms with Crippen molar-refractivity contribution < 1.29 is 0 Å². The van der Waals surface area contributed by atoms with Gasteiger partial charge in [-0.2, -0.15) is 0 Å². The Morgan fingerprint density at radius 3 is 2.64 bits per heavy atom. The largest absolute Gasteiger partial charge is 0.324 e. The van der Waals surface area contributed by atoms with Crippen molar-refractivity contribution in [3.05, 3.63) is 33.3 Å². The molecule has 1 aromatic rings. The molecule has 1 nitrogen and oxygen atoms in total. The van der Waals surface area contributed by atoms with Gasteiger partial charge in [-0.25, -0.2) is 0 Å². The third-order valence-corrected chi connectivity index (χ3v) is 3.40. The van der Waals surface area contributed by atoms with Crippen LogP contribution < -0.4 is 5.73 Å². The van der Waals surface area contributed by atoms with Gasteiger partial charge in [0.1, 0.15) is 0 Å². The van der Waals surface area contributed by atoms with E-state index in [9.17, 15) is 0 Å². The molecule has 14 heavy (non-hydrogen) atoms. The van der Waals surface area contributed by atoms with Gasteiger partial charge in [-0.15, -0.1) is 12.4 Å². The fourth-order valence-electron chi connectivity index (χ4n) is 1.48. The highest BCUT2D eigenvalue weighted by Gasteiger charge is 2.30. The molecule has 1 aliphatic rings. The molecule has 0 aromatic heterocycles. The van der Waals surface area contributed by atoms with Crippen molar-refractivity contribution >= 4 is 39.9 Å². The topological polar surface area (TPSA) is 26.0 Å². The van der Waals surface area contributed by atoms with Gasteiger partial charge in [-0.05, 0) is 42.5 Å². The molecule has 1 aromatic carbocycles. The van der Waals surface area contributed by atoms with Crippen LogP contribution in [0.4, 0.5) is 0 Å². The minimum Gasteiger partial charge on any atom is -0.324 e. The van der Waals surface area contributed by atoms with Gasteiger partial charge in [0, 0.05) is 15.5 Å². The lowest BCUT2D eigenvalue weighted by molar-refractivity contribution is 0.631. The molecule has 0 bridgehead atoms. The van der Waals surface area contributed by atoms with Gasteiger partial charge in [-0.1, -0.05) is 27.5 Å². The first-order valence-corrected chi connectivity index (χ1v) is 5.56. The van der Waals surface area contributed by atoms with Crippen LogP contribution in [0.25, 0.3) is 0 Å².